The number of benzene rings is 1. The van der Waals surface area contributed by atoms with Crippen molar-refractivity contribution >= 4 is 53.1 Å². The molecule has 7 heteroatoms. The molecule has 1 rings (SSSR count). The highest BCUT2D eigenvalue weighted by Gasteiger charge is 2.08. The minimum absolute atomic E-state index is 0. The van der Waals surface area contributed by atoms with Gasteiger partial charge < -0.3 is 15.5 Å². The molecule has 0 aliphatic carbocycles. The molecule has 1 aromatic carbocycles. The molecule has 0 bridgehead atoms. The highest BCUT2D eigenvalue weighted by molar-refractivity contribution is 14.0. The Bertz CT molecular complexity index is 551. The fraction of sp³-hybridized carbons (Fsp3) is 0.529. The van der Waals surface area contributed by atoms with E-state index in [0.717, 1.165) is 36.6 Å². The predicted octanol–water partition coefficient (Wildman–Crippen LogP) is 3.90. The number of nitrogens with one attached hydrogen (secondary N) is 2. The molecule has 0 fully saturated rings. The van der Waals surface area contributed by atoms with Crippen LogP contribution in [0.1, 0.15) is 31.7 Å². The smallest absolute Gasteiger partial charge is 0.226 e. The molecular weight excluding hydrogens is 439 g/mol. The molecule has 0 radical (unpaired) electrons. The SMILES string of the molecule is CCCCN(C)C(=NC)NCCC(=O)Nc1cccc(Cl)c1C.I. The number of nitrogens with zero attached hydrogens (tertiary/aromatic N) is 2. The van der Waals surface area contributed by atoms with Crippen molar-refractivity contribution in [3.05, 3.63) is 28.8 Å². The quantitative estimate of drug-likeness (QED) is 0.364. The first-order valence-electron chi connectivity index (χ1n) is 7.96. The van der Waals surface area contributed by atoms with E-state index < -0.39 is 0 Å². The molecule has 0 spiro atoms. The first kappa shape index (κ1) is 23.0. The van der Waals surface area contributed by atoms with Crippen LogP contribution in [0.2, 0.25) is 5.02 Å². The third-order valence-corrected chi connectivity index (χ3v) is 4.01. The van der Waals surface area contributed by atoms with Crippen LogP contribution in [0.15, 0.2) is 23.2 Å². The third-order valence-electron chi connectivity index (χ3n) is 3.60. The summed E-state index contributed by atoms with van der Waals surface area (Å²) in [5, 5.41) is 6.75. The van der Waals surface area contributed by atoms with Gasteiger partial charge in [-0.2, -0.15) is 0 Å². The van der Waals surface area contributed by atoms with Crippen LogP contribution in [0.5, 0.6) is 0 Å². The van der Waals surface area contributed by atoms with Gasteiger partial charge in [0.15, 0.2) is 5.96 Å². The van der Waals surface area contributed by atoms with Crippen molar-refractivity contribution in [1.29, 1.82) is 0 Å². The summed E-state index contributed by atoms with van der Waals surface area (Å²) < 4.78 is 0. The lowest BCUT2D eigenvalue weighted by Crippen LogP contribution is -2.40. The van der Waals surface area contributed by atoms with Crippen LogP contribution in [0, 0.1) is 6.92 Å². The number of guanidine groups is 1. The molecule has 0 heterocycles. The van der Waals surface area contributed by atoms with E-state index in [1.165, 1.54) is 0 Å². The largest absolute Gasteiger partial charge is 0.356 e. The van der Waals surface area contributed by atoms with Gasteiger partial charge in [-0.3, -0.25) is 9.79 Å². The number of hydrogen-bond acceptors (Lipinski definition) is 2. The van der Waals surface area contributed by atoms with Gasteiger partial charge in [0.2, 0.25) is 5.91 Å². The molecule has 2 N–H and O–H groups in total. The first-order chi connectivity index (χ1) is 11.0. The lowest BCUT2D eigenvalue weighted by Gasteiger charge is -2.21. The van der Waals surface area contributed by atoms with Crippen LogP contribution in [0.25, 0.3) is 0 Å². The van der Waals surface area contributed by atoms with Crippen molar-refractivity contribution in [3.8, 4) is 0 Å². The molecule has 1 aromatic rings. The Morgan fingerprint density at radius 2 is 2.08 bits per heavy atom. The predicted molar refractivity (Wildman–Crippen MR) is 114 cm³/mol. The van der Waals surface area contributed by atoms with E-state index >= 15 is 0 Å². The second kappa shape index (κ2) is 12.4. The van der Waals surface area contributed by atoms with Gasteiger partial charge >= 0.3 is 0 Å². The molecule has 0 atom stereocenters. The molecule has 0 saturated heterocycles. The molecular formula is C17H28ClIN4O. The third kappa shape index (κ3) is 7.70. The van der Waals surface area contributed by atoms with Gasteiger partial charge in [0, 0.05) is 44.3 Å². The van der Waals surface area contributed by atoms with Crippen molar-refractivity contribution in [1.82, 2.24) is 10.2 Å². The number of rotatable bonds is 7. The number of halogens is 2. The van der Waals surface area contributed by atoms with Crippen molar-refractivity contribution in [2.75, 3.05) is 32.5 Å². The van der Waals surface area contributed by atoms with Crippen LogP contribution in [-0.2, 0) is 4.79 Å². The second-order valence-corrected chi connectivity index (χ2v) is 5.87. The summed E-state index contributed by atoms with van der Waals surface area (Å²) in [6, 6.07) is 5.49. The zero-order valence-corrected chi connectivity index (χ0v) is 17.9. The van der Waals surface area contributed by atoms with Crippen molar-refractivity contribution in [2.45, 2.75) is 33.1 Å². The molecule has 0 aromatic heterocycles. The summed E-state index contributed by atoms with van der Waals surface area (Å²) in [6.07, 6.45) is 2.63. The van der Waals surface area contributed by atoms with Crippen molar-refractivity contribution < 1.29 is 4.79 Å². The number of carbonyl (C=O) groups excluding carboxylic acids is 1. The Kier molecular flexibility index (Phi) is 11.8. The standard InChI is InChI=1S/C17H27ClN4O.HI/c1-5-6-12-22(4)17(19-3)20-11-10-16(23)21-15-9-7-8-14(18)13(15)2;/h7-9H,5-6,10-12H2,1-4H3,(H,19,20)(H,21,23);1H. The number of unbranched alkanes of at least 4 members (excludes halogenated alkanes) is 1. The van der Waals surface area contributed by atoms with Crippen LogP contribution < -0.4 is 10.6 Å². The number of aliphatic imine (C=N–C) groups is 1. The van der Waals surface area contributed by atoms with Crippen molar-refractivity contribution in [2.24, 2.45) is 4.99 Å². The lowest BCUT2D eigenvalue weighted by atomic mass is 10.2. The van der Waals surface area contributed by atoms with Crippen LogP contribution in [0.3, 0.4) is 0 Å². The molecule has 24 heavy (non-hydrogen) atoms. The molecule has 5 nitrogen and oxygen atoms in total. The number of anilines is 1. The Morgan fingerprint density at radius 1 is 1.38 bits per heavy atom. The van der Waals surface area contributed by atoms with Gasteiger partial charge in [0.1, 0.15) is 0 Å². The van der Waals surface area contributed by atoms with Gasteiger partial charge in [0.05, 0.1) is 0 Å². The Hall–Kier alpha value is -1.02. The maximum Gasteiger partial charge on any atom is 0.226 e. The topological polar surface area (TPSA) is 56.7 Å². The zero-order chi connectivity index (χ0) is 17.2. The summed E-state index contributed by atoms with van der Waals surface area (Å²) in [4.78, 5) is 18.3. The van der Waals surface area contributed by atoms with E-state index in [9.17, 15) is 4.79 Å². The van der Waals surface area contributed by atoms with Crippen LogP contribution in [-0.4, -0.2) is 44.0 Å². The molecule has 136 valence electrons. The first-order valence-corrected chi connectivity index (χ1v) is 8.34. The minimum Gasteiger partial charge on any atom is -0.356 e. The molecule has 0 aliphatic heterocycles. The molecule has 1 amide bonds. The fourth-order valence-electron chi connectivity index (χ4n) is 2.13. The summed E-state index contributed by atoms with van der Waals surface area (Å²) >= 11 is 6.05. The maximum absolute atomic E-state index is 12.0. The average molecular weight is 467 g/mol. The Labute approximate surface area is 167 Å². The van der Waals surface area contributed by atoms with Crippen LogP contribution in [0.4, 0.5) is 5.69 Å². The number of carbonyl (C=O) groups is 1. The number of amides is 1. The van der Waals surface area contributed by atoms with E-state index in [-0.39, 0.29) is 29.9 Å². The molecule has 0 aliphatic rings. The van der Waals surface area contributed by atoms with Crippen LogP contribution >= 0.6 is 35.6 Å². The monoisotopic (exact) mass is 466 g/mol. The van der Waals surface area contributed by atoms with Gasteiger partial charge in [-0.1, -0.05) is 31.0 Å². The van der Waals surface area contributed by atoms with E-state index in [0.29, 0.717) is 18.0 Å². The van der Waals surface area contributed by atoms with Gasteiger partial charge in [-0.25, -0.2) is 0 Å². The Balaban J connectivity index is 0.00000529. The summed E-state index contributed by atoms with van der Waals surface area (Å²) in [7, 11) is 3.75. The van der Waals surface area contributed by atoms with Gasteiger partial charge in [-0.05, 0) is 31.0 Å². The fourth-order valence-corrected chi connectivity index (χ4v) is 2.30. The second-order valence-electron chi connectivity index (χ2n) is 5.46. The van der Waals surface area contributed by atoms with E-state index in [2.05, 4.69) is 27.4 Å². The normalized spacial score (nSPS) is 10.8. The number of hydrogen-bond donors (Lipinski definition) is 2. The van der Waals surface area contributed by atoms with E-state index in [1.807, 2.05) is 32.2 Å². The van der Waals surface area contributed by atoms with E-state index in [4.69, 9.17) is 11.6 Å². The zero-order valence-electron chi connectivity index (χ0n) is 14.9. The lowest BCUT2D eigenvalue weighted by molar-refractivity contribution is -0.116. The summed E-state index contributed by atoms with van der Waals surface area (Å²) in [5.74, 6) is 0.764. The summed E-state index contributed by atoms with van der Waals surface area (Å²) in [5.41, 5.74) is 1.64. The average Bonchev–Trinajstić information content (AvgIpc) is 2.53. The van der Waals surface area contributed by atoms with E-state index in [1.54, 1.807) is 7.05 Å². The van der Waals surface area contributed by atoms with Crippen molar-refractivity contribution in [3.63, 3.8) is 0 Å². The molecule has 0 unspecified atom stereocenters. The Morgan fingerprint density at radius 3 is 2.71 bits per heavy atom. The van der Waals surface area contributed by atoms with Gasteiger partial charge in [-0.15, -0.1) is 24.0 Å². The summed E-state index contributed by atoms with van der Waals surface area (Å²) in [6.45, 7) is 5.53. The minimum atomic E-state index is -0.0467. The highest BCUT2D eigenvalue weighted by Crippen LogP contribution is 2.22. The van der Waals surface area contributed by atoms with Gasteiger partial charge in [0.25, 0.3) is 0 Å². The highest BCUT2D eigenvalue weighted by atomic mass is 127. The molecule has 0 saturated carbocycles. The maximum atomic E-state index is 12.0.